The van der Waals surface area contributed by atoms with E-state index in [1.165, 1.54) is 0 Å². The first kappa shape index (κ1) is 16.7. The molecule has 0 radical (unpaired) electrons. The Balaban J connectivity index is 1.41. The molecule has 6 heteroatoms. The smallest absolute Gasteiger partial charge is 0.252 e. The van der Waals surface area contributed by atoms with Crippen molar-refractivity contribution >= 4 is 5.91 Å². The summed E-state index contributed by atoms with van der Waals surface area (Å²) in [5.41, 5.74) is 1.49. The summed E-state index contributed by atoms with van der Waals surface area (Å²) in [4.78, 5) is 18.5. The quantitative estimate of drug-likeness (QED) is 0.878. The number of aryl methyl sites for hydroxylation is 1. The molecule has 0 bridgehead atoms. The fraction of sp³-hybridized carbons (Fsp3) is 0.444. The molecule has 2 aromatic heterocycles. The van der Waals surface area contributed by atoms with Crippen LogP contribution in [0, 0.1) is 6.92 Å². The molecule has 24 heavy (non-hydrogen) atoms. The van der Waals surface area contributed by atoms with E-state index < -0.39 is 0 Å². The molecule has 1 amide bonds. The number of carbonyl (C=O) groups is 1. The third kappa shape index (κ3) is 4.66. The van der Waals surface area contributed by atoms with E-state index in [0.29, 0.717) is 18.7 Å². The largest absolute Gasteiger partial charge is 0.468 e. The van der Waals surface area contributed by atoms with E-state index in [0.717, 1.165) is 37.5 Å². The van der Waals surface area contributed by atoms with Crippen molar-refractivity contribution in [2.45, 2.75) is 26.0 Å². The van der Waals surface area contributed by atoms with Crippen molar-refractivity contribution in [1.29, 1.82) is 0 Å². The van der Waals surface area contributed by atoms with Crippen molar-refractivity contribution in [2.24, 2.45) is 0 Å². The van der Waals surface area contributed by atoms with Gasteiger partial charge in [-0.15, -0.1) is 0 Å². The van der Waals surface area contributed by atoms with Crippen LogP contribution in [0.2, 0.25) is 0 Å². The molecule has 1 fully saturated rings. The minimum atomic E-state index is -0.0919. The van der Waals surface area contributed by atoms with Crippen LogP contribution in [0.5, 0.6) is 0 Å². The van der Waals surface area contributed by atoms with Crippen LogP contribution >= 0.6 is 0 Å². The van der Waals surface area contributed by atoms with Gasteiger partial charge < -0.3 is 14.5 Å². The first-order chi connectivity index (χ1) is 11.7. The molecule has 1 aliphatic rings. The van der Waals surface area contributed by atoms with Gasteiger partial charge in [0.25, 0.3) is 5.91 Å². The predicted molar refractivity (Wildman–Crippen MR) is 89.6 cm³/mol. The van der Waals surface area contributed by atoms with Crippen molar-refractivity contribution in [3.63, 3.8) is 0 Å². The monoisotopic (exact) mass is 329 g/mol. The fourth-order valence-electron chi connectivity index (χ4n) is 2.77. The van der Waals surface area contributed by atoms with Crippen molar-refractivity contribution < 1.29 is 13.9 Å². The molecular formula is C18H23N3O3. The molecule has 0 aromatic carbocycles. The number of amides is 1. The Morgan fingerprint density at radius 1 is 1.42 bits per heavy atom. The molecule has 1 aliphatic heterocycles. The van der Waals surface area contributed by atoms with Crippen LogP contribution in [-0.2, 0) is 11.3 Å². The lowest BCUT2D eigenvalue weighted by Crippen LogP contribution is -2.43. The van der Waals surface area contributed by atoms with Gasteiger partial charge in [0.1, 0.15) is 5.76 Å². The van der Waals surface area contributed by atoms with Crippen LogP contribution in [0.25, 0.3) is 0 Å². The average Bonchev–Trinajstić information content (AvgIpc) is 3.09. The standard InChI is InChI=1S/C18H23N3O3/c1-14-4-5-15(11-20-14)18(22)19-7-6-17-13-21(8-10-24-17)12-16-3-2-9-23-16/h2-5,9,11,17H,6-8,10,12-13H2,1H3,(H,19,22)/t17-/m0/s1. The van der Waals surface area contributed by atoms with Gasteiger partial charge in [-0.3, -0.25) is 14.7 Å². The highest BCUT2D eigenvalue weighted by molar-refractivity contribution is 5.93. The summed E-state index contributed by atoms with van der Waals surface area (Å²) >= 11 is 0. The van der Waals surface area contributed by atoms with Gasteiger partial charge in [-0.2, -0.15) is 0 Å². The first-order valence-corrected chi connectivity index (χ1v) is 8.28. The van der Waals surface area contributed by atoms with Crippen molar-refractivity contribution in [1.82, 2.24) is 15.2 Å². The number of carbonyl (C=O) groups excluding carboxylic acids is 1. The molecule has 6 nitrogen and oxygen atoms in total. The van der Waals surface area contributed by atoms with Crippen LogP contribution in [0.15, 0.2) is 41.1 Å². The fourth-order valence-corrected chi connectivity index (χ4v) is 2.77. The normalized spacial score (nSPS) is 18.5. The molecule has 0 aliphatic carbocycles. The Hall–Kier alpha value is -2.18. The highest BCUT2D eigenvalue weighted by atomic mass is 16.5. The molecule has 128 valence electrons. The average molecular weight is 329 g/mol. The van der Waals surface area contributed by atoms with Gasteiger partial charge in [-0.25, -0.2) is 0 Å². The second-order valence-corrected chi connectivity index (χ2v) is 6.04. The molecule has 0 saturated carbocycles. The Kier molecular flexibility index (Phi) is 5.61. The summed E-state index contributed by atoms with van der Waals surface area (Å²) in [6.07, 6.45) is 4.22. The third-order valence-corrected chi connectivity index (χ3v) is 4.11. The summed E-state index contributed by atoms with van der Waals surface area (Å²) in [7, 11) is 0. The summed E-state index contributed by atoms with van der Waals surface area (Å²) in [6, 6.07) is 7.52. The van der Waals surface area contributed by atoms with E-state index in [1.54, 1.807) is 18.5 Å². The molecule has 3 heterocycles. The van der Waals surface area contributed by atoms with Crippen LogP contribution in [0.4, 0.5) is 0 Å². The highest BCUT2D eigenvalue weighted by Crippen LogP contribution is 2.12. The Labute approximate surface area is 141 Å². The molecule has 3 rings (SSSR count). The van der Waals surface area contributed by atoms with E-state index in [1.807, 2.05) is 25.1 Å². The molecule has 2 aromatic rings. The zero-order chi connectivity index (χ0) is 16.8. The van der Waals surface area contributed by atoms with Gasteiger partial charge in [0.2, 0.25) is 0 Å². The maximum absolute atomic E-state index is 12.1. The van der Waals surface area contributed by atoms with Crippen LogP contribution in [-0.4, -0.2) is 48.1 Å². The van der Waals surface area contributed by atoms with E-state index in [2.05, 4.69) is 15.2 Å². The molecule has 0 spiro atoms. The highest BCUT2D eigenvalue weighted by Gasteiger charge is 2.21. The maximum Gasteiger partial charge on any atom is 0.252 e. The molecule has 1 N–H and O–H groups in total. The molecular weight excluding hydrogens is 306 g/mol. The zero-order valence-corrected chi connectivity index (χ0v) is 13.9. The van der Waals surface area contributed by atoms with Gasteiger partial charge in [-0.05, 0) is 37.6 Å². The lowest BCUT2D eigenvalue weighted by atomic mass is 10.2. The number of hydrogen-bond donors (Lipinski definition) is 1. The van der Waals surface area contributed by atoms with Crippen molar-refractivity contribution in [2.75, 3.05) is 26.2 Å². The summed E-state index contributed by atoms with van der Waals surface area (Å²) < 4.78 is 11.2. The third-order valence-electron chi connectivity index (χ3n) is 4.11. The minimum Gasteiger partial charge on any atom is -0.468 e. The van der Waals surface area contributed by atoms with Gasteiger partial charge in [0.05, 0.1) is 31.1 Å². The topological polar surface area (TPSA) is 67.6 Å². The molecule has 0 unspecified atom stereocenters. The SMILES string of the molecule is Cc1ccc(C(=O)NCC[C@H]2CN(Cc3ccco3)CCO2)cn1. The van der Waals surface area contributed by atoms with E-state index in [9.17, 15) is 4.79 Å². The number of rotatable bonds is 6. The van der Waals surface area contributed by atoms with Crippen molar-refractivity contribution in [3.05, 3.63) is 53.7 Å². The van der Waals surface area contributed by atoms with Gasteiger partial charge >= 0.3 is 0 Å². The Morgan fingerprint density at radius 3 is 3.08 bits per heavy atom. The number of furan rings is 1. The summed E-state index contributed by atoms with van der Waals surface area (Å²) in [5.74, 6) is 0.876. The second kappa shape index (κ2) is 8.08. The number of hydrogen-bond acceptors (Lipinski definition) is 5. The number of nitrogens with zero attached hydrogens (tertiary/aromatic N) is 2. The zero-order valence-electron chi connectivity index (χ0n) is 13.9. The molecule has 1 atom stereocenters. The lowest BCUT2D eigenvalue weighted by molar-refractivity contribution is -0.0358. The van der Waals surface area contributed by atoms with Gasteiger partial charge in [0, 0.05) is 31.5 Å². The first-order valence-electron chi connectivity index (χ1n) is 8.28. The predicted octanol–water partition coefficient (Wildman–Crippen LogP) is 2.00. The number of pyridine rings is 1. The number of morpholine rings is 1. The van der Waals surface area contributed by atoms with E-state index in [4.69, 9.17) is 9.15 Å². The number of nitrogens with one attached hydrogen (secondary N) is 1. The maximum atomic E-state index is 12.1. The van der Waals surface area contributed by atoms with E-state index >= 15 is 0 Å². The second-order valence-electron chi connectivity index (χ2n) is 6.04. The Bertz CT molecular complexity index is 640. The van der Waals surface area contributed by atoms with Gasteiger partial charge in [0.15, 0.2) is 0 Å². The minimum absolute atomic E-state index is 0.0919. The number of aromatic nitrogens is 1. The van der Waals surface area contributed by atoms with Gasteiger partial charge in [-0.1, -0.05) is 0 Å². The number of ether oxygens (including phenoxy) is 1. The molecule has 1 saturated heterocycles. The lowest BCUT2D eigenvalue weighted by Gasteiger charge is -2.32. The Morgan fingerprint density at radius 2 is 2.33 bits per heavy atom. The van der Waals surface area contributed by atoms with Crippen LogP contribution < -0.4 is 5.32 Å². The van der Waals surface area contributed by atoms with E-state index in [-0.39, 0.29) is 12.0 Å². The summed E-state index contributed by atoms with van der Waals surface area (Å²) in [6.45, 7) is 5.75. The summed E-state index contributed by atoms with van der Waals surface area (Å²) in [5, 5.41) is 2.93. The van der Waals surface area contributed by atoms with Crippen molar-refractivity contribution in [3.8, 4) is 0 Å². The van der Waals surface area contributed by atoms with Crippen LogP contribution in [0.3, 0.4) is 0 Å². The van der Waals surface area contributed by atoms with Crippen LogP contribution in [0.1, 0.15) is 28.2 Å².